The van der Waals surface area contributed by atoms with Crippen LogP contribution >= 0.6 is 0 Å². The van der Waals surface area contributed by atoms with Gasteiger partial charge >= 0.3 is 0 Å². The number of carbonyl (C=O) groups excluding carboxylic acids is 1. The van der Waals surface area contributed by atoms with E-state index >= 15 is 0 Å². The number of amides is 1. The van der Waals surface area contributed by atoms with Gasteiger partial charge in [0.25, 0.3) is 5.91 Å². The van der Waals surface area contributed by atoms with Crippen LogP contribution in [0.5, 0.6) is 0 Å². The van der Waals surface area contributed by atoms with Crippen LogP contribution in [0.25, 0.3) is 0 Å². The molecule has 1 amide bonds. The number of hydrogen-bond donors (Lipinski definition) is 1. The second-order valence-corrected chi connectivity index (χ2v) is 7.82. The lowest BCUT2D eigenvalue weighted by atomic mass is 10.1. The van der Waals surface area contributed by atoms with Crippen LogP contribution < -0.4 is 5.32 Å². The highest BCUT2D eigenvalue weighted by atomic mass is 32.2. The molecule has 0 unspecified atom stereocenters. The molecule has 2 rings (SSSR count). The summed E-state index contributed by atoms with van der Waals surface area (Å²) in [5, 5.41) is 2.83. The number of aryl methyl sites for hydroxylation is 2. The number of hydrogen-bond acceptors (Lipinski definition) is 3. The van der Waals surface area contributed by atoms with Gasteiger partial charge in [0, 0.05) is 24.3 Å². The highest BCUT2D eigenvalue weighted by Crippen LogP contribution is 2.23. The van der Waals surface area contributed by atoms with E-state index in [-0.39, 0.29) is 10.8 Å². The summed E-state index contributed by atoms with van der Waals surface area (Å²) in [7, 11) is -3.51. The van der Waals surface area contributed by atoms with Crippen LogP contribution in [0.4, 0.5) is 5.69 Å². The zero-order chi connectivity index (χ0) is 18.6. The number of rotatable bonds is 6. The normalized spacial score (nSPS) is 11.6. The van der Waals surface area contributed by atoms with Crippen LogP contribution in [0.15, 0.2) is 47.4 Å². The van der Waals surface area contributed by atoms with E-state index < -0.39 is 10.0 Å². The van der Waals surface area contributed by atoms with Gasteiger partial charge < -0.3 is 5.32 Å². The summed E-state index contributed by atoms with van der Waals surface area (Å²) < 4.78 is 26.6. The second-order valence-electron chi connectivity index (χ2n) is 5.89. The third kappa shape index (κ3) is 4.27. The van der Waals surface area contributed by atoms with Crippen LogP contribution in [0.3, 0.4) is 0 Å². The lowest BCUT2D eigenvalue weighted by Crippen LogP contribution is -2.30. The van der Waals surface area contributed by atoms with Gasteiger partial charge in [0.05, 0.1) is 4.90 Å². The van der Waals surface area contributed by atoms with E-state index in [1.165, 1.54) is 10.4 Å². The maximum atomic E-state index is 12.6. The van der Waals surface area contributed by atoms with Gasteiger partial charge in [-0.2, -0.15) is 4.31 Å². The number of sulfonamides is 1. The Morgan fingerprint density at radius 1 is 1.00 bits per heavy atom. The minimum atomic E-state index is -3.51. The average Bonchev–Trinajstić information content (AvgIpc) is 2.58. The molecule has 25 heavy (non-hydrogen) atoms. The summed E-state index contributed by atoms with van der Waals surface area (Å²) in [6, 6.07) is 12.0. The molecule has 2 aromatic rings. The number of nitrogens with one attached hydrogen (secondary N) is 1. The highest BCUT2D eigenvalue weighted by molar-refractivity contribution is 7.89. The van der Waals surface area contributed by atoms with Crippen molar-refractivity contribution in [2.24, 2.45) is 0 Å². The average molecular weight is 360 g/mol. The maximum Gasteiger partial charge on any atom is 0.255 e. The first kappa shape index (κ1) is 19.1. The zero-order valence-electron chi connectivity index (χ0n) is 15.0. The summed E-state index contributed by atoms with van der Waals surface area (Å²) in [5.41, 5.74) is 2.95. The van der Waals surface area contributed by atoms with Gasteiger partial charge in [-0.05, 0) is 49.7 Å². The smallest absolute Gasteiger partial charge is 0.255 e. The third-order valence-electron chi connectivity index (χ3n) is 4.10. The first-order chi connectivity index (χ1) is 11.8. The van der Waals surface area contributed by atoms with Crippen LogP contribution in [-0.2, 0) is 10.0 Å². The lowest BCUT2D eigenvalue weighted by molar-refractivity contribution is 0.102. The van der Waals surface area contributed by atoms with E-state index in [2.05, 4.69) is 5.32 Å². The van der Waals surface area contributed by atoms with Crippen molar-refractivity contribution in [1.82, 2.24) is 4.31 Å². The van der Waals surface area contributed by atoms with Crippen LogP contribution in [0.2, 0.25) is 0 Å². The Morgan fingerprint density at radius 3 is 2.12 bits per heavy atom. The van der Waals surface area contributed by atoms with Crippen molar-refractivity contribution >= 4 is 21.6 Å². The predicted molar refractivity (Wildman–Crippen MR) is 100 cm³/mol. The van der Waals surface area contributed by atoms with E-state index in [0.29, 0.717) is 29.9 Å². The van der Waals surface area contributed by atoms with Gasteiger partial charge in [0.1, 0.15) is 0 Å². The van der Waals surface area contributed by atoms with Crippen LogP contribution in [0.1, 0.15) is 35.3 Å². The van der Waals surface area contributed by atoms with Crippen molar-refractivity contribution in [2.75, 3.05) is 18.4 Å². The summed E-state index contributed by atoms with van der Waals surface area (Å²) in [5.74, 6) is -0.220. The molecular formula is C19H24N2O3S. The highest BCUT2D eigenvalue weighted by Gasteiger charge is 2.22. The molecule has 0 saturated carbocycles. The fourth-order valence-electron chi connectivity index (χ4n) is 2.55. The van der Waals surface area contributed by atoms with Gasteiger partial charge in [-0.15, -0.1) is 0 Å². The predicted octanol–water partition coefficient (Wildman–Crippen LogP) is 3.59. The van der Waals surface area contributed by atoms with Gasteiger partial charge in [0.15, 0.2) is 0 Å². The van der Waals surface area contributed by atoms with Gasteiger partial charge in [-0.3, -0.25) is 4.79 Å². The lowest BCUT2D eigenvalue weighted by Gasteiger charge is -2.19. The van der Waals surface area contributed by atoms with Crippen LogP contribution in [0, 0.1) is 13.8 Å². The van der Waals surface area contributed by atoms with E-state index in [4.69, 9.17) is 0 Å². The Labute approximate surface area is 149 Å². The Morgan fingerprint density at radius 2 is 1.60 bits per heavy atom. The van der Waals surface area contributed by atoms with Crippen molar-refractivity contribution in [3.05, 3.63) is 59.2 Å². The number of carbonyl (C=O) groups is 1. The molecule has 0 heterocycles. The third-order valence-corrected chi connectivity index (χ3v) is 6.15. The molecule has 0 atom stereocenters. The molecule has 2 aromatic carbocycles. The minimum Gasteiger partial charge on any atom is -0.322 e. The summed E-state index contributed by atoms with van der Waals surface area (Å²) in [4.78, 5) is 12.6. The minimum absolute atomic E-state index is 0.220. The first-order valence-corrected chi connectivity index (χ1v) is 9.72. The molecule has 0 aliphatic carbocycles. The molecule has 0 aliphatic heterocycles. The molecule has 0 radical (unpaired) electrons. The van der Waals surface area contributed by atoms with Gasteiger partial charge in [-0.1, -0.05) is 31.5 Å². The largest absolute Gasteiger partial charge is 0.322 e. The van der Waals surface area contributed by atoms with Crippen molar-refractivity contribution in [1.29, 1.82) is 0 Å². The standard InChI is InChI=1S/C19H24N2O3S/c1-5-21(6-2)25(23,24)17-11-12-18(15(4)13-17)20-19(22)16-9-7-14(3)8-10-16/h7-13H,5-6H2,1-4H3,(H,20,22). The Kier molecular flexibility index (Phi) is 5.98. The second kappa shape index (κ2) is 7.80. The Bertz CT molecular complexity index is 855. The molecular weight excluding hydrogens is 336 g/mol. The van der Waals surface area contributed by atoms with E-state index in [1.807, 2.05) is 32.9 Å². The molecule has 0 fully saturated rings. The molecule has 1 N–H and O–H groups in total. The van der Waals surface area contributed by atoms with Crippen LogP contribution in [-0.4, -0.2) is 31.7 Å². The molecule has 0 spiro atoms. The van der Waals surface area contributed by atoms with Crippen molar-refractivity contribution in [3.8, 4) is 0 Å². The quantitative estimate of drug-likeness (QED) is 0.856. The monoisotopic (exact) mass is 360 g/mol. The number of anilines is 1. The fraction of sp³-hybridized carbons (Fsp3) is 0.316. The molecule has 0 aromatic heterocycles. The summed E-state index contributed by atoms with van der Waals surface area (Å²) in [6.45, 7) is 8.20. The molecule has 5 nitrogen and oxygen atoms in total. The molecule has 134 valence electrons. The molecule has 0 aliphatic rings. The van der Waals surface area contributed by atoms with Crippen molar-refractivity contribution in [2.45, 2.75) is 32.6 Å². The Hall–Kier alpha value is -2.18. The van der Waals surface area contributed by atoms with Gasteiger partial charge in [-0.25, -0.2) is 8.42 Å². The molecule has 0 bridgehead atoms. The zero-order valence-corrected chi connectivity index (χ0v) is 15.9. The SMILES string of the molecule is CCN(CC)S(=O)(=O)c1ccc(NC(=O)c2ccc(C)cc2)c(C)c1. The summed E-state index contributed by atoms with van der Waals surface area (Å²) >= 11 is 0. The van der Waals surface area contributed by atoms with E-state index in [9.17, 15) is 13.2 Å². The topological polar surface area (TPSA) is 66.5 Å². The van der Waals surface area contributed by atoms with Crippen molar-refractivity contribution < 1.29 is 13.2 Å². The summed E-state index contributed by atoms with van der Waals surface area (Å²) in [6.07, 6.45) is 0. The number of benzene rings is 2. The number of nitrogens with zero attached hydrogens (tertiary/aromatic N) is 1. The molecule has 0 saturated heterocycles. The van der Waals surface area contributed by atoms with Crippen molar-refractivity contribution in [3.63, 3.8) is 0 Å². The van der Waals surface area contributed by atoms with E-state index in [1.54, 1.807) is 31.2 Å². The van der Waals surface area contributed by atoms with Gasteiger partial charge in [0.2, 0.25) is 10.0 Å². The fourth-order valence-corrected chi connectivity index (χ4v) is 4.09. The maximum absolute atomic E-state index is 12.6. The molecule has 6 heteroatoms. The Balaban J connectivity index is 2.25. The first-order valence-electron chi connectivity index (χ1n) is 8.28. The van der Waals surface area contributed by atoms with E-state index in [0.717, 1.165) is 5.56 Å².